The van der Waals surface area contributed by atoms with Gasteiger partial charge in [0.25, 0.3) is 0 Å². The number of hydrogen-bond donors (Lipinski definition) is 5. The lowest BCUT2D eigenvalue weighted by Gasteiger charge is -2.28. The number of carbonyl (C=O) groups is 3. The summed E-state index contributed by atoms with van der Waals surface area (Å²) >= 11 is 0. The van der Waals surface area contributed by atoms with Crippen LogP contribution < -0.4 is 0 Å². The summed E-state index contributed by atoms with van der Waals surface area (Å²) in [4.78, 5) is 69.6. The van der Waals surface area contributed by atoms with Gasteiger partial charge in [-0.3, -0.25) is 42.8 Å². The van der Waals surface area contributed by atoms with Gasteiger partial charge < -0.3 is 24.9 Å². The van der Waals surface area contributed by atoms with Crippen molar-refractivity contribution in [3.8, 4) is 12.3 Å². The number of aliphatic carboxylic acids is 2. The van der Waals surface area contributed by atoms with E-state index in [0.717, 1.165) is 0 Å². The summed E-state index contributed by atoms with van der Waals surface area (Å²) in [5, 5.41) is 17.7. The second kappa shape index (κ2) is 16.8. The molecule has 14 nitrogen and oxygen atoms in total. The average molecular weight is 615 g/mol. The van der Waals surface area contributed by atoms with Crippen molar-refractivity contribution in [2.45, 2.75) is 32.1 Å². The molecule has 0 radical (unpaired) electrons. The fourth-order valence-electron chi connectivity index (χ4n) is 3.93. The normalized spacial score (nSPS) is 20.8. The minimum atomic E-state index is -3.85. The maximum absolute atomic E-state index is 12.9. The quantitative estimate of drug-likeness (QED) is 0.114. The highest BCUT2D eigenvalue weighted by Gasteiger charge is 2.30. The van der Waals surface area contributed by atoms with Gasteiger partial charge in [0.1, 0.15) is 5.78 Å². The van der Waals surface area contributed by atoms with Gasteiger partial charge in [0, 0.05) is 77.0 Å². The van der Waals surface area contributed by atoms with Gasteiger partial charge in [0.2, 0.25) is 22.1 Å². The summed E-state index contributed by atoms with van der Waals surface area (Å²) in [6.07, 6.45) is 2.46. The van der Waals surface area contributed by atoms with Crippen LogP contribution in [-0.4, -0.2) is 134 Å². The molecule has 1 fully saturated rings. The first kappa shape index (κ1) is 35.6. The molecule has 17 heteroatoms. The van der Waals surface area contributed by atoms with Crippen molar-refractivity contribution in [3.63, 3.8) is 0 Å². The van der Waals surface area contributed by atoms with Gasteiger partial charge in [0.05, 0.1) is 31.7 Å². The minimum absolute atomic E-state index is 0.101. The molecule has 3 atom stereocenters. The second-order valence-corrected chi connectivity index (χ2v) is 17.0. The van der Waals surface area contributed by atoms with Crippen molar-refractivity contribution >= 4 is 39.8 Å². The molecule has 224 valence electrons. The molecule has 0 spiro atoms. The predicted molar refractivity (Wildman–Crippen MR) is 146 cm³/mol. The van der Waals surface area contributed by atoms with Crippen molar-refractivity contribution in [2.24, 2.45) is 0 Å². The zero-order chi connectivity index (χ0) is 29.7. The molecule has 3 unspecified atom stereocenters. The molecular weight excluding hydrogens is 575 g/mol. The molecule has 1 aliphatic rings. The Morgan fingerprint density at radius 3 is 1.21 bits per heavy atom. The van der Waals surface area contributed by atoms with E-state index >= 15 is 0 Å². The van der Waals surface area contributed by atoms with Crippen LogP contribution in [0.4, 0.5) is 0 Å². The van der Waals surface area contributed by atoms with Crippen LogP contribution in [0, 0.1) is 12.3 Å². The van der Waals surface area contributed by atoms with Crippen LogP contribution >= 0.6 is 22.1 Å². The second-order valence-electron chi connectivity index (χ2n) is 9.77. The summed E-state index contributed by atoms with van der Waals surface area (Å²) < 4.78 is 38.1. The molecule has 5 N–H and O–H groups in total. The topological polar surface area (TPSA) is 213 Å². The van der Waals surface area contributed by atoms with Crippen LogP contribution in [0.3, 0.4) is 0 Å². The van der Waals surface area contributed by atoms with E-state index in [2.05, 4.69) is 5.92 Å². The van der Waals surface area contributed by atoms with Gasteiger partial charge in [0.15, 0.2) is 0 Å². The SMILES string of the molecule is C#CCCC(=O)CCP(=O)(O)CN1CCN(CP(=O)(O)CCC(=O)O)CCN(CP(=O)(O)CCC(=O)O)CC1. The van der Waals surface area contributed by atoms with Crippen LogP contribution in [-0.2, 0) is 28.1 Å². The standard InChI is InChI=1S/C22H40N3O11P3/c1-2-3-4-20(26)5-14-37(31,32)17-23-8-10-24(18-38(33,34)15-6-21(27)28)12-13-25(11-9-23)19-39(35,36)16-7-22(29)30/h1H,3-19H2,(H,27,28)(H,29,30)(H,31,32)(H,33,34)(H,35,36). The molecule has 1 rings (SSSR count). The third-order valence-electron chi connectivity index (χ3n) is 6.10. The molecule has 0 aromatic rings. The summed E-state index contributed by atoms with van der Waals surface area (Å²) in [5.74, 6) is -0.286. The summed E-state index contributed by atoms with van der Waals surface area (Å²) in [6, 6.07) is 0. The van der Waals surface area contributed by atoms with Crippen molar-refractivity contribution in [3.05, 3.63) is 0 Å². The summed E-state index contributed by atoms with van der Waals surface area (Å²) in [6.45, 7) is 1.26. The number of nitrogens with zero attached hydrogens (tertiary/aromatic N) is 3. The van der Waals surface area contributed by atoms with E-state index in [4.69, 9.17) is 16.6 Å². The van der Waals surface area contributed by atoms with Crippen LogP contribution in [0.25, 0.3) is 0 Å². The Balaban J connectivity index is 2.98. The van der Waals surface area contributed by atoms with Crippen LogP contribution in [0.15, 0.2) is 0 Å². The van der Waals surface area contributed by atoms with Crippen LogP contribution in [0.5, 0.6) is 0 Å². The van der Waals surface area contributed by atoms with E-state index in [-0.39, 0.29) is 89.3 Å². The molecule has 0 aromatic carbocycles. The Morgan fingerprint density at radius 1 is 0.615 bits per heavy atom. The number of carboxylic acids is 2. The monoisotopic (exact) mass is 615 g/mol. The van der Waals surface area contributed by atoms with Crippen molar-refractivity contribution in [2.75, 3.05) is 76.6 Å². The molecular formula is C22H40N3O11P3. The van der Waals surface area contributed by atoms with E-state index in [9.17, 15) is 42.8 Å². The lowest BCUT2D eigenvalue weighted by molar-refractivity contribution is -0.137. The van der Waals surface area contributed by atoms with Gasteiger partial charge in [-0.25, -0.2) is 0 Å². The first-order valence-corrected chi connectivity index (χ1v) is 18.6. The molecule has 0 aromatic heterocycles. The van der Waals surface area contributed by atoms with Gasteiger partial charge in [-0.15, -0.1) is 12.3 Å². The van der Waals surface area contributed by atoms with Crippen molar-refractivity contribution in [1.82, 2.24) is 14.7 Å². The highest BCUT2D eigenvalue weighted by molar-refractivity contribution is 7.58. The molecule has 0 amide bonds. The lowest BCUT2D eigenvalue weighted by Crippen LogP contribution is -2.37. The predicted octanol–water partition coefficient (Wildman–Crippen LogP) is 0.912. The zero-order valence-electron chi connectivity index (χ0n) is 22.0. The summed E-state index contributed by atoms with van der Waals surface area (Å²) in [5.41, 5.74) is 0. The van der Waals surface area contributed by atoms with E-state index in [1.807, 2.05) is 0 Å². The number of terminal acetylenes is 1. The van der Waals surface area contributed by atoms with Crippen LogP contribution in [0.1, 0.15) is 32.1 Å². The first-order chi connectivity index (χ1) is 18.0. The third kappa shape index (κ3) is 17.1. The number of carbonyl (C=O) groups excluding carboxylic acids is 1. The van der Waals surface area contributed by atoms with E-state index in [1.165, 1.54) is 0 Å². The molecule has 39 heavy (non-hydrogen) atoms. The number of rotatable bonds is 17. The van der Waals surface area contributed by atoms with E-state index in [1.54, 1.807) is 14.7 Å². The van der Waals surface area contributed by atoms with E-state index in [0.29, 0.717) is 0 Å². The zero-order valence-corrected chi connectivity index (χ0v) is 24.7. The Kier molecular flexibility index (Phi) is 15.3. The summed E-state index contributed by atoms with van der Waals surface area (Å²) in [7, 11) is -11.5. The highest BCUT2D eigenvalue weighted by atomic mass is 31.2. The van der Waals surface area contributed by atoms with Gasteiger partial charge in [-0.1, -0.05) is 0 Å². The van der Waals surface area contributed by atoms with Gasteiger partial charge in [-0.2, -0.15) is 0 Å². The first-order valence-electron chi connectivity index (χ1n) is 12.5. The lowest BCUT2D eigenvalue weighted by atomic mass is 10.2. The largest absolute Gasteiger partial charge is 0.481 e. The number of hydrogen-bond acceptors (Lipinski definition) is 9. The number of ketones is 1. The minimum Gasteiger partial charge on any atom is -0.481 e. The fourth-order valence-corrected chi connectivity index (χ4v) is 8.76. The smallest absolute Gasteiger partial charge is 0.303 e. The maximum atomic E-state index is 12.9. The Bertz CT molecular complexity index is 980. The van der Waals surface area contributed by atoms with E-state index < -0.39 is 59.2 Å². The molecule has 0 saturated carbocycles. The van der Waals surface area contributed by atoms with Crippen molar-refractivity contribution < 1.29 is 53.0 Å². The Morgan fingerprint density at radius 2 is 0.923 bits per heavy atom. The van der Waals surface area contributed by atoms with Gasteiger partial charge >= 0.3 is 11.9 Å². The van der Waals surface area contributed by atoms with Crippen LogP contribution in [0.2, 0.25) is 0 Å². The van der Waals surface area contributed by atoms with Gasteiger partial charge in [-0.05, 0) is 0 Å². The molecule has 0 aliphatic carbocycles. The number of Topliss-reactive ketones (excluding diaryl/α,β-unsaturated/α-hetero) is 1. The Hall–Kier alpha value is -1.38. The molecule has 1 aliphatic heterocycles. The molecule has 1 saturated heterocycles. The average Bonchev–Trinajstić information content (AvgIpc) is 2.90. The Labute approximate surface area is 228 Å². The maximum Gasteiger partial charge on any atom is 0.303 e. The fraction of sp³-hybridized carbons (Fsp3) is 0.773. The van der Waals surface area contributed by atoms with Crippen molar-refractivity contribution in [1.29, 1.82) is 0 Å². The third-order valence-corrected chi connectivity index (χ3v) is 11.4. The number of carboxylic acid groups (broad SMARTS) is 2. The molecule has 1 heterocycles. The molecule has 0 bridgehead atoms. The highest BCUT2D eigenvalue weighted by Crippen LogP contribution is 2.44.